The number of nitrogens with zero attached hydrogens (tertiary/aromatic N) is 1. The first-order valence-electron chi connectivity index (χ1n) is 4.89. The molecular formula is C11H8BrFN2O2S. The van der Waals surface area contributed by atoms with Crippen LogP contribution in [-0.2, 0) is 0 Å². The van der Waals surface area contributed by atoms with E-state index in [1.807, 2.05) is 6.92 Å². The lowest BCUT2D eigenvalue weighted by atomic mass is 10.2. The van der Waals surface area contributed by atoms with E-state index < -0.39 is 11.8 Å². The summed E-state index contributed by atoms with van der Waals surface area (Å²) < 4.78 is 13.8. The molecule has 0 aliphatic heterocycles. The summed E-state index contributed by atoms with van der Waals surface area (Å²) >= 11 is 4.25. The van der Waals surface area contributed by atoms with Crippen LogP contribution < -0.4 is 5.32 Å². The summed E-state index contributed by atoms with van der Waals surface area (Å²) in [6.07, 6.45) is 0. The number of thiazole rings is 1. The molecule has 1 aromatic heterocycles. The Hall–Kier alpha value is -1.47. The molecule has 0 unspecified atom stereocenters. The average Bonchev–Trinajstić information content (AvgIpc) is 2.74. The van der Waals surface area contributed by atoms with Crippen LogP contribution in [0.5, 0.6) is 0 Å². The molecule has 2 aromatic rings. The lowest BCUT2D eigenvalue weighted by molar-refractivity contribution is 0.0691. The van der Waals surface area contributed by atoms with Gasteiger partial charge in [0.15, 0.2) is 10.8 Å². The Morgan fingerprint density at radius 1 is 1.56 bits per heavy atom. The number of aromatic nitrogens is 1. The number of aryl methyl sites for hydroxylation is 1. The fourth-order valence-electron chi connectivity index (χ4n) is 1.33. The smallest absolute Gasteiger partial charge is 0.355 e. The number of carbonyl (C=O) groups is 1. The van der Waals surface area contributed by atoms with Crippen molar-refractivity contribution >= 4 is 44.1 Å². The zero-order chi connectivity index (χ0) is 13.3. The van der Waals surface area contributed by atoms with Gasteiger partial charge < -0.3 is 10.4 Å². The molecule has 18 heavy (non-hydrogen) atoms. The molecule has 1 heterocycles. The number of carboxylic acids is 1. The van der Waals surface area contributed by atoms with Crippen LogP contribution in [0.4, 0.5) is 15.2 Å². The molecule has 0 saturated carbocycles. The van der Waals surface area contributed by atoms with Crippen molar-refractivity contribution < 1.29 is 14.3 Å². The molecule has 1 aromatic carbocycles. The summed E-state index contributed by atoms with van der Waals surface area (Å²) in [4.78, 5) is 14.6. The van der Waals surface area contributed by atoms with E-state index in [-0.39, 0.29) is 5.69 Å². The van der Waals surface area contributed by atoms with Gasteiger partial charge >= 0.3 is 5.97 Å². The molecule has 7 heteroatoms. The third-order valence-corrected chi connectivity index (χ3v) is 3.60. The largest absolute Gasteiger partial charge is 0.476 e. The molecular weight excluding hydrogens is 323 g/mol. The van der Waals surface area contributed by atoms with Crippen LogP contribution in [-0.4, -0.2) is 16.1 Å². The van der Waals surface area contributed by atoms with Crippen molar-refractivity contribution in [2.75, 3.05) is 5.32 Å². The molecule has 94 valence electrons. The van der Waals surface area contributed by atoms with Gasteiger partial charge in [0.1, 0.15) is 5.82 Å². The molecule has 0 amide bonds. The van der Waals surface area contributed by atoms with Crippen molar-refractivity contribution in [2.45, 2.75) is 6.92 Å². The summed E-state index contributed by atoms with van der Waals surface area (Å²) in [5.74, 6) is -1.48. The Kier molecular flexibility index (Phi) is 3.63. The second kappa shape index (κ2) is 5.03. The Bertz CT molecular complexity index is 615. The normalized spacial score (nSPS) is 10.4. The minimum absolute atomic E-state index is 0.0299. The van der Waals surface area contributed by atoms with E-state index in [1.165, 1.54) is 11.4 Å². The van der Waals surface area contributed by atoms with Crippen LogP contribution in [0.15, 0.2) is 22.0 Å². The summed E-state index contributed by atoms with van der Waals surface area (Å²) in [6.45, 7) is 1.82. The van der Waals surface area contributed by atoms with Crippen LogP contribution in [0.2, 0.25) is 0 Å². The van der Waals surface area contributed by atoms with Crippen molar-refractivity contribution in [3.8, 4) is 0 Å². The van der Waals surface area contributed by atoms with Crippen molar-refractivity contribution in [3.05, 3.63) is 39.1 Å². The Balaban J connectivity index is 2.28. The maximum absolute atomic E-state index is 13.4. The highest BCUT2D eigenvalue weighted by Gasteiger charge is 2.10. The summed E-state index contributed by atoms with van der Waals surface area (Å²) in [7, 11) is 0. The van der Waals surface area contributed by atoms with Gasteiger partial charge in [0.25, 0.3) is 0 Å². The molecule has 0 radical (unpaired) electrons. The van der Waals surface area contributed by atoms with Crippen molar-refractivity contribution in [2.24, 2.45) is 0 Å². The highest BCUT2D eigenvalue weighted by atomic mass is 79.9. The molecule has 0 saturated heterocycles. The first-order valence-corrected chi connectivity index (χ1v) is 6.56. The SMILES string of the molecule is Cc1cc(Br)c(F)cc1Nc1nc(C(=O)O)cs1. The Morgan fingerprint density at radius 3 is 2.89 bits per heavy atom. The number of nitrogens with one attached hydrogen (secondary N) is 1. The quantitative estimate of drug-likeness (QED) is 0.898. The minimum Gasteiger partial charge on any atom is -0.476 e. The number of hydrogen-bond donors (Lipinski definition) is 2. The van der Waals surface area contributed by atoms with E-state index in [0.717, 1.165) is 16.9 Å². The second-order valence-corrected chi connectivity index (χ2v) is 5.26. The van der Waals surface area contributed by atoms with Crippen molar-refractivity contribution in [3.63, 3.8) is 0 Å². The number of aromatic carboxylic acids is 1. The monoisotopic (exact) mass is 330 g/mol. The topological polar surface area (TPSA) is 62.2 Å². The first kappa shape index (κ1) is 13.0. The van der Waals surface area contributed by atoms with Gasteiger partial charge in [-0.2, -0.15) is 0 Å². The van der Waals surface area contributed by atoms with E-state index in [4.69, 9.17) is 5.11 Å². The number of halogens is 2. The van der Waals surface area contributed by atoms with E-state index >= 15 is 0 Å². The molecule has 0 bridgehead atoms. The fourth-order valence-corrected chi connectivity index (χ4v) is 2.48. The van der Waals surface area contributed by atoms with E-state index in [9.17, 15) is 9.18 Å². The fraction of sp³-hybridized carbons (Fsp3) is 0.0909. The standard InChI is InChI=1S/C11H8BrFN2O2S/c1-5-2-6(12)7(13)3-8(5)14-11-15-9(4-18-11)10(16)17/h2-4H,1H3,(H,14,15)(H,16,17). The van der Waals surface area contributed by atoms with Crippen molar-refractivity contribution in [1.82, 2.24) is 4.98 Å². The Labute approximate surface area is 115 Å². The number of anilines is 2. The van der Waals surface area contributed by atoms with Crippen LogP contribution >= 0.6 is 27.3 Å². The van der Waals surface area contributed by atoms with Crippen LogP contribution in [0.25, 0.3) is 0 Å². The van der Waals surface area contributed by atoms with Gasteiger partial charge in [-0.05, 0) is 40.5 Å². The lowest BCUT2D eigenvalue weighted by Crippen LogP contribution is -1.98. The molecule has 0 atom stereocenters. The highest BCUT2D eigenvalue weighted by molar-refractivity contribution is 9.10. The predicted octanol–water partition coefficient (Wildman–Crippen LogP) is 3.79. The summed E-state index contributed by atoms with van der Waals surface area (Å²) in [6, 6.07) is 2.98. The van der Waals surface area contributed by atoms with Crippen LogP contribution in [0.1, 0.15) is 16.1 Å². The van der Waals surface area contributed by atoms with Gasteiger partial charge in [0, 0.05) is 11.1 Å². The van der Waals surface area contributed by atoms with E-state index in [1.54, 1.807) is 6.07 Å². The maximum atomic E-state index is 13.4. The van der Waals surface area contributed by atoms with Gasteiger partial charge in [-0.3, -0.25) is 0 Å². The van der Waals surface area contributed by atoms with Gasteiger partial charge in [0.05, 0.1) is 4.47 Å². The first-order chi connectivity index (χ1) is 8.47. The zero-order valence-electron chi connectivity index (χ0n) is 9.20. The summed E-state index contributed by atoms with van der Waals surface area (Å²) in [5, 5.41) is 13.5. The number of hydrogen-bond acceptors (Lipinski definition) is 4. The van der Waals surface area contributed by atoms with Gasteiger partial charge in [0.2, 0.25) is 0 Å². The minimum atomic E-state index is -1.09. The molecule has 0 aliphatic carbocycles. The van der Waals surface area contributed by atoms with E-state index in [0.29, 0.717) is 15.3 Å². The lowest BCUT2D eigenvalue weighted by Gasteiger charge is -2.07. The van der Waals surface area contributed by atoms with Gasteiger partial charge in [-0.25, -0.2) is 14.2 Å². The van der Waals surface area contributed by atoms with Crippen LogP contribution in [0, 0.1) is 12.7 Å². The van der Waals surface area contributed by atoms with E-state index in [2.05, 4.69) is 26.2 Å². The second-order valence-electron chi connectivity index (χ2n) is 3.55. The third kappa shape index (κ3) is 2.68. The summed E-state index contributed by atoms with van der Waals surface area (Å²) in [5.41, 5.74) is 1.36. The molecule has 0 aliphatic rings. The molecule has 0 spiro atoms. The molecule has 2 rings (SSSR count). The average molecular weight is 331 g/mol. The molecule has 2 N–H and O–H groups in total. The Morgan fingerprint density at radius 2 is 2.28 bits per heavy atom. The molecule has 4 nitrogen and oxygen atoms in total. The molecule has 0 fully saturated rings. The zero-order valence-corrected chi connectivity index (χ0v) is 11.6. The number of benzene rings is 1. The van der Waals surface area contributed by atoms with Crippen LogP contribution in [0.3, 0.4) is 0 Å². The maximum Gasteiger partial charge on any atom is 0.355 e. The number of rotatable bonds is 3. The van der Waals surface area contributed by atoms with Gasteiger partial charge in [-0.15, -0.1) is 11.3 Å². The van der Waals surface area contributed by atoms with Gasteiger partial charge in [-0.1, -0.05) is 0 Å². The highest BCUT2D eigenvalue weighted by Crippen LogP contribution is 2.27. The predicted molar refractivity (Wildman–Crippen MR) is 71.2 cm³/mol. The van der Waals surface area contributed by atoms with Crippen molar-refractivity contribution in [1.29, 1.82) is 0 Å². The third-order valence-electron chi connectivity index (χ3n) is 2.23. The number of carboxylic acid groups (broad SMARTS) is 1.